The van der Waals surface area contributed by atoms with Gasteiger partial charge in [-0.3, -0.25) is 4.79 Å². The summed E-state index contributed by atoms with van der Waals surface area (Å²) in [6.45, 7) is 5.61. The van der Waals surface area contributed by atoms with Gasteiger partial charge in [0, 0.05) is 12.0 Å². The smallest absolute Gasteiger partial charge is 0.303 e. The van der Waals surface area contributed by atoms with E-state index in [9.17, 15) is 13.2 Å². The van der Waals surface area contributed by atoms with Gasteiger partial charge in [0.2, 0.25) is 10.0 Å². The molecule has 0 radical (unpaired) electrons. The quantitative estimate of drug-likeness (QED) is 0.707. The first-order chi connectivity index (χ1) is 10.1. The minimum Gasteiger partial charge on any atom is -0.493 e. The molecule has 0 saturated carbocycles. The lowest BCUT2D eigenvalue weighted by atomic mass is 10.0. The molecule has 6 nitrogen and oxygen atoms in total. The fourth-order valence-corrected chi connectivity index (χ4v) is 3.93. The second kappa shape index (κ2) is 7.43. The second-order valence-corrected chi connectivity index (χ2v) is 7.95. The molecule has 0 atom stereocenters. The van der Waals surface area contributed by atoms with Gasteiger partial charge in [0.15, 0.2) is 0 Å². The summed E-state index contributed by atoms with van der Waals surface area (Å²) < 4.78 is 33.2. The lowest BCUT2D eigenvalue weighted by Gasteiger charge is -2.25. The fourth-order valence-electron chi connectivity index (χ4n) is 1.81. The Labute approximate surface area is 139 Å². The summed E-state index contributed by atoms with van der Waals surface area (Å²) in [4.78, 5) is 10.7. The van der Waals surface area contributed by atoms with E-state index in [0.29, 0.717) is 16.8 Å². The van der Waals surface area contributed by atoms with E-state index in [2.05, 4.69) is 20.7 Å². The van der Waals surface area contributed by atoms with Crippen LogP contribution in [0.4, 0.5) is 0 Å². The Kier molecular flexibility index (Phi) is 6.39. The topological polar surface area (TPSA) is 92.7 Å². The predicted octanol–water partition coefficient (Wildman–Crippen LogP) is 2.77. The Morgan fingerprint density at radius 1 is 1.41 bits per heavy atom. The van der Waals surface area contributed by atoms with Crippen LogP contribution >= 0.6 is 15.9 Å². The van der Waals surface area contributed by atoms with Gasteiger partial charge in [-0.2, -0.15) is 0 Å². The number of hydrogen-bond donors (Lipinski definition) is 2. The van der Waals surface area contributed by atoms with E-state index >= 15 is 0 Å². The summed E-state index contributed by atoms with van der Waals surface area (Å²) in [7, 11) is -3.75. The van der Waals surface area contributed by atoms with Crippen molar-refractivity contribution in [2.45, 2.75) is 44.0 Å². The summed E-state index contributed by atoms with van der Waals surface area (Å²) in [6.07, 6.45) is 0.0856. The number of rotatable bonds is 8. The van der Waals surface area contributed by atoms with E-state index < -0.39 is 21.5 Å². The largest absolute Gasteiger partial charge is 0.493 e. The van der Waals surface area contributed by atoms with E-state index in [-0.39, 0.29) is 17.7 Å². The standard InChI is InChI=1S/C14H20BrNO5S/c1-4-21-12-6-5-10(9-11(12)15)22(19,20)16-14(2,3)8-7-13(17)18/h5-6,9,16H,4,7-8H2,1-3H3,(H,17,18). The van der Waals surface area contributed by atoms with Crippen molar-refractivity contribution in [2.75, 3.05) is 6.61 Å². The zero-order valence-electron chi connectivity index (χ0n) is 12.7. The molecule has 0 fully saturated rings. The number of benzene rings is 1. The molecule has 0 aromatic heterocycles. The van der Waals surface area contributed by atoms with Crippen molar-refractivity contribution in [1.82, 2.24) is 4.72 Å². The van der Waals surface area contributed by atoms with Crippen molar-refractivity contribution in [2.24, 2.45) is 0 Å². The van der Waals surface area contributed by atoms with Crippen LogP contribution in [-0.4, -0.2) is 31.6 Å². The molecule has 0 amide bonds. The van der Waals surface area contributed by atoms with Crippen LogP contribution < -0.4 is 9.46 Å². The number of nitrogens with one attached hydrogen (secondary N) is 1. The molecule has 0 aliphatic heterocycles. The van der Waals surface area contributed by atoms with Gasteiger partial charge < -0.3 is 9.84 Å². The monoisotopic (exact) mass is 393 g/mol. The molecule has 0 saturated heterocycles. The zero-order chi connectivity index (χ0) is 17.0. The van der Waals surface area contributed by atoms with Crippen molar-refractivity contribution in [3.63, 3.8) is 0 Å². The van der Waals surface area contributed by atoms with Crippen LogP contribution in [0.15, 0.2) is 27.6 Å². The highest BCUT2D eigenvalue weighted by molar-refractivity contribution is 9.10. The van der Waals surface area contributed by atoms with Crippen LogP contribution in [0.25, 0.3) is 0 Å². The van der Waals surface area contributed by atoms with E-state index in [1.54, 1.807) is 19.9 Å². The van der Waals surface area contributed by atoms with Gasteiger partial charge in [0.05, 0.1) is 16.0 Å². The summed E-state index contributed by atoms with van der Waals surface area (Å²) in [6, 6.07) is 4.48. The predicted molar refractivity (Wildman–Crippen MR) is 86.6 cm³/mol. The molecule has 0 bridgehead atoms. The number of halogens is 1. The van der Waals surface area contributed by atoms with E-state index in [4.69, 9.17) is 9.84 Å². The maximum Gasteiger partial charge on any atom is 0.303 e. The maximum atomic E-state index is 12.4. The molecule has 124 valence electrons. The summed E-state index contributed by atoms with van der Waals surface area (Å²) in [5.41, 5.74) is -0.859. The van der Waals surface area contributed by atoms with Crippen LogP contribution in [0.5, 0.6) is 5.75 Å². The Bertz CT molecular complexity index is 643. The lowest BCUT2D eigenvalue weighted by Crippen LogP contribution is -2.43. The number of aliphatic carboxylic acids is 1. The molecule has 1 aromatic rings. The van der Waals surface area contributed by atoms with Crippen LogP contribution in [0.1, 0.15) is 33.6 Å². The number of carboxylic acid groups (broad SMARTS) is 1. The average molecular weight is 394 g/mol. The summed E-state index contributed by atoms with van der Waals surface area (Å²) >= 11 is 3.28. The van der Waals surface area contributed by atoms with Crippen molar-refractivity contribution in [1.29, 1.82) is 0 Å². The van der Waals surface area contributed by atoms with Gasteiger partial charge in [-0.15, -0.1) is 0 Å². The molecule has 1 rings (SSSR count). The Morgan fingerprint density at radius 3 is 2.55 bits per heavy atom. The molecule has 0 unspecified atom stereocenters. The Balaban J connectivity index is 2.94. The van der Waals surface area contributed by atoms with E-state index in [0.717, 1.165) is 0 Å². The van der Waals surface area contributed by atoms with Crippen LogP contribution in [0.3, 0.4) is 0 Å². The minimum atomic E-state index is -3.75. The van der Waals surface area contributed by atoms with Crippen LogP contribution in [-0.2, 0) is 14.8 Å². The number of hydrogen-bond acceptors (Lipinski definition) is 4. The third-order valence-corrected chi connectivity index (χ3v) is 5.20. The minimum absolute atomic E-state index is 0.0891. The molecule has 0 heterocycles. The fraction of sp³-hybridized carbons (Fsp3) is 0.500. The molecular weight excluding hydrogens is 374 g/mol. The van der Waals surface area contributed by atoms with Crippen LogP contribution in [0, 0.1) is 0 Å². The highest BCUT2D eigenvalue weighted by atomic mass is 79.9. The van der Waals surface area contributed by atoms with Gasteiger partial charge in [0.1, 0.15) is 5.75 Å². The third-order valence-electron chi connectivity index (χ3n) is 2.89. The van der Waals surface area contributed by atoms with Gasteiger partial charge in [-0.05, 0) is 61.3 Å². The first-order valence-corrected chi connectivity index (χ1v) is 9.03. The zero-order valence-corrected chi connectivity index (χ0v) is 15.1. The Morgan fingerprint density at radius 2 is 2.05 bits per heavy atom. The molecule has 22 heavy (non-hydrogen) atoms. The molecule has 0 spiro atoms. The van der Waals surface area contributed by atoms with Gasteiger partial charge in [0.25, 0.3) is 0 Å². The number of carbonyl (C=O) groups is 1. The number of ether oxygens (including phenoxy) is 1. The third kappa shape index (κ3) is 5.58. The molecular formula is C14H20BrNO5S. The molecule has 8 heteroatoms. The maximum absolute atomic E-state index is 12.4. The van der Waals surface area contributed by atoms with Crippen molar-refractivity contribution < 1.29 is 23.1 Å². The number of carboxylic acids is 1. The molecule has 2 N–H and O–H groups in total. The lowest BCUT2D eigenvalue weighted by molar-refractivity contribution is -0.137. The average Bonchev–Trinajstić information content (AvgIpc) is 2.38. The number of sulfonamides is 1. The van der Waals surface area contributed by atoms with Crippen molar-refractivity contribution in [3.05, 3.63) is 22.7 Å². The van der Waals surface area contributed by atoms with Gasteiger partial charge in [-0.25, -0.2) is 13.1 Å². The Hall–Kier alpha value is -1.12. The van der Waals surface area contributed by atoms with Crippen molar-refractivity contribution in [3.8, 4) is 5.75 Å². The first kappa shape index (κ1) is 18.9. The summed E-state index contributed by atoms with van der Waals surface area (Å²) in [5.74, 6) is -0.400. The van der Waals surface area contributed by atoms with Crippen molar-refractivity contribution >= 4 is 31.9 Å². The molecule has 0 aliphatic carbocycles. The highest BCUT2D eigenvalue weighted by Gasteiger charge is 2.27. The normalized spacial score (nSPS) is 12.2. The van der Waals surface area contributed by atoms with Crippen LogP contribution in [0.2, 0.25) is 0 Å². The van der Waals surface area contributed by atoms with Gasteiger partial charge in [-0.1, -0.05) is 0 Å². The molecule has 1 aromatic carbocycles. The van der Waals surface area contributed by atoms with Gasteiger partial charge >= 0.3 is 5.97 Å². The van der Waals surface area contributed by atoms with E-state index in [1.165, 1.54) is 12.1 Å². The summed E-state index contributed by atoms with van der Waals surface area (Å²) in [5, 5.41) is 8.71. The SMILES string of the molecule is CCOc1ccc(S(=O)(=O)NC(C)(C)CCC(=O)O)cc1Br. The second-order valence-electron chi connectivity index (χ2n) is 5.41. The molecule has 0 aliphatic rings. The first-order valence-electron chi connectivity index (χ1n) is 6.75. The van der Waals surface area contributed by atoms with E-state index in [1.807, 2.05) is 6.92 Å². The highest BCUT2D eigenvalue weighted by Crippen LogP contribution is 2.28.